The van der Waals surface area contributed by atoms with E-state index in [-0.39, 0.29) is 12.2 Å². The van der Waals surface area contributed by atoms with E-state index in [9.17, 15) is 18.0 Å². The van der Waals surface area contributed by atoms with Gasteiger partial charge in [-0.15, -0.1) is 0 Å². The minimum absolute atomic E-state index is 0.108. The number of hydrogen-bond acceptors (Lipinski definition) is 4. The van der Waals surface area contributed by atoms with Gasteiger partial charge in [0.15, 0.2) is 6.61 Å². The predicted octanol–water partition coefficient (Wildman–Crippen LogP) is 1.52. The summed E-state index contributed by atoms with van der Waals surface area (Å²) in [5.41, 5.74) is -0.108. The Hall–Kier alpha value is -1.83. The van der Waals surface area contributed by atoms with Crippen molar-refractivity contribution in [2.75, 3.05) is 13.2 Å². The van der Waals surface area contributed by atoms with E-state index in [4.69, 9.17) is 5.11 Å². The van der Waals surface area contributed by atoms with E-state index in [1.807, 2.05) is 0 Å². The van der Waals surface area contributed by atoms with Crippen molar-refractivity contribution in [3.63, 3.8) is 0 Å². The molecular weight excluding hydrogens is 277 g/mol. The van der Waals surface area contributed by atoms with Crippen LogP contribution in [0.25, 0.3) is 0 Å². The van der Waals surface area contributed by atoms with E-state index in [0.717, 1.165) is 0 Å². The molecular formula is C12H15F3N2O3. The van der Waals surface area contributed by atoms with Gasteiger partial charge in [0.05, 0.1) is 12.6 Å². The second-order valence-electron chi connectivity index (χ2n) is 4.02. The monoisotopic (exact) mass is 292 g/mol. The highest BCUT2D eigenvalue weighted by molar-refractivity contribution is 5.96. The standard InChI is InChI=1S/C12H15F3N2O3/c1-2-8(6-18)17-10(19)9-4-3-5-16-11(9)20-7-12(13,14)15/h3-5,8,18H,2,6-7H2,1H3,(H,17,19). The van der Waals surface area contributed by atoms with Crippen LogP contribution in [0.4, 0.5) is 13.2 Å². The van der Waals surface area contributed by atoms with E-state index in [2.05, 4.69) is 15.0 Å². The fourth-order valence-corrected chi connectivity index (χ4v) is 1.37. The van der Waals surface area contributed by atoms with Gasteiger partial charge < -0.3 is 15.2 Å². The Morgan fingerprint density at radius 3 is 2.80 bits per heavy atom. The third-order valence-electron chi connectivity index (χ3n) is 2.44. The lowest BCUT2D eigenvalue weighted by atomic mass is 10.2. The zero-order chi connectivity index (χ0) is 15.2. The van der Waals surface area contributed by atoms with Crippen molar-refractivity contribution in [2.24, 2.45) is 0 Å². The lowest BCUT2D eigenvalue weighted by molar-refractivity contribution is -0.154. The summed E-state index contributed by atoms with van der Waals surface area (Å²) in [4.78, 5) is 15.5. The van der Waals surface area contributed by atoms with Crippen molar-refractivity contribution >= 4 is 5.91 Å². The maximum Gasteiger partial charge on any atom is 0.422 e. The number of halogens is 3. The lowest BCUT2D eigenvalue weighted by Crippen LogP contribution is -2.37. The molecule has 1 heterocycles. The summed E-state index contributed by atoms with van der Waals surface area (Å²) in [6.45, 7) is -0.0335. The third kappa shape index (κ3) is 5.04. The second kappa shape index (κ2) is 7.09. The topological polar surface area (TPSA) is 71.5 Å². The molecule has 0 radical (unpaired) electrons. The van der Waals surface area contributed by atoms with Crippen molar-refractivity contribution in [1.29, 1.82) is 0 Å². The maximum atomic E-state index is 12.1. The average molecular weight is 292 g/mol. The Balaban J connectivity index is 2.81. The van der Waals surface area contributed by atoms with E-state index in [1.54, 1.807) is 6.92 Å². The maximum absolute atomic E-state index is 12.1. The fourth-order valence-electron chi connectivity index (χ4n) is 1.37. The molecule has 2 N–H and O–H groups in total. The molecule has 5 nitrogen and oxygen atoms in total. The van der Waals surface area contributed by atoms with Crippen LogP contribution in [0.5, 0.6) is 5.88 Å². The number of rotatable bonds is 6. The number of nitrogens with zero attached hydrogens (tertiary/aromatic N) is 1. The molecule has 0 saturated carbocycles. The Morgan fingerprint density at radius 2 is 2.25 bits per heavy atom. The molecule has 1 aromatic rings. The van der Waals surface area contributed by atoms with Crippen LogP contribution in [0.1, 0.15) is 23.7 Å². The summed E-state index contributed by atoms with van der Waals surface area (Å²) >= 11 is 0. The number of nitrogens with one attached hydrogen (secondary N) is 1. The van der Waals surface area contributed by atoms with Gasteiger partial charge in [-0.3, -0.25) is 4.79 Å². The second-order valence-corrected chi connectivity index (χ2v) is 4.02. The molecule has 1 amide bonds. The van der Waals surface area contributed by atoms with Crippen molar-refractivity contribution in [2.45, 2.75) is 25.6 Å². The zero-order valence-electron chi connectivity index (χ0n) is 10.8. The summed E-state index contributed by atoms with van der Waals surface area (Å²) in [6.07, 6.45) is -2.80. The van der Waals surface area contributed by atoms with Crippen LogP contribution in [-0.4, -0.2) is 41.4 Å². The quantitative estimate of drug-likeness (QED) is 0.834. The largest absolute Gasteiger partial charge is 0.467 e. The van der Waals surface area contributed by atoms with Gasteiger partial charge in [-0.1, -0.05) is 6.92 Å². The van der Waals surface area contributed by atoms with E-state index >= 15 is 0 Å². The minimum atomic E-state index is -4.51. The molecule has 0 bridgehead atoms. The SMILES string of the molecule is CCC(CO)NC(=O)c1cccnc1OCC(F)(F)F. The van der Waals surface area contributed by atoms with Crippen LogP contribution in [0.15, 0.2) is 18.3 Å². The molecule has 1 rings (SSSR count). The summed E-state index contributed by atoms with van der Waals surface area (Å²) in [7, 11) is 0. The van der Waals surface area contributed by atoms with Crippen LogP contribution in [0.2, 0.25) is 0 Å². The molecule has 0 spiro atoms. The molecule has 20 heavy (non-hydrogen) atoms. The van der Waals surface area contributed by atoms with Crippen molar-refractivity contribution in [1.82, 2.24) is 10.3 Å². The first kappa shape index (κ1) is 16.2. The smallest absolute Gasteiger partial charge is 0.422 e. The Labute approximate surface area is 113 Å². The highest BCUT2D eigenvalue weighted by atomic mass is 19.4. The highest BCUT2D eigenvalue weighted by Gasteiger charge is 2.29. The Morgan fingerprint density at radius 1 is 1.55 bits per heavy atom. The number of carbonyl (C=O) groups excluding carboxylic acids is 1. The van der Waals surface area contributed by atoms with Crippen molar-refractivity contribution in [3.8, 4) is 5.88 Å². The molecule has 0 saturated heterocycles. The Bertz CT molecular complexity index is 448. The van der Waals surface area contributed by atoms with E-state index in [0.29, 0.717) is 6.42 Å². The number of amides is 1. The van der Waals surface area contributed by atoms with Gasteiger partial charge in [0, 0.05) is 6.20 Å². The number of alkyl halides is 3. The van der Waals surface area contributed by atoms with Crippen LogP contribution in [0, 0.1) is 0 Å². The summed E-state index contributed by atoms with van der Waals surface area (Å²) in [5, 5.41) is 11.5. The van der Waals surface area contributed by atoms with Gasteiger partial charge in [0.1, 0.15) is 5.56 Å². The first-order chi connectivity index (χ1) is 9.37. The Kier molecular flexibility index (Phi) is 5.75. The molecule has 0 aliphatic rings. The number of ether oxygens (including phenoxy) is 1. The molecule has 1 aromatic heterocycles. The number of carbonyl (C=O) groups is 1. The van der Waals surface area contributed by atoms with Crippen molar-refractivity contribution < 1.29 is 27.8 Å². The van der Waals surface area contributed by atoms with Crippen LogP contribution in [-0.2, 0) is 0 Å². The summed E-state index contributed by atoms with van der Waals surface area (Å²) in [5.74, 6) is -1.04. The minimum Gasteiger partial charge on any atom is -0.467 e. The molecule has 1 unspecified atom stereocenters. The van der Waals surface area contributed by atoms with E-state index < -0.39 is 30.6 Å². The fraction of sp³-hybridized carbons (Fsp3) is 0.500. The average Bonchev–Trinajstić information content (AvgIpc) is 2.41. The van der Waals surface area contributed by atoms with E-state index in [1.165, 1.54) is 18.3 Å². The van der Waals surface area contributed by atoms with Crippen LogP contribution >= 0.6 is 0 Å². The summed E-state index contributed by atoms with van der Waals surface area (Å²) < 4.78 is 40.8. The van der Waals surface area contributed by atoms with Crippen LogP contribution < -0.4 is 10.1 Å². The normalized spacial score (nSPS) is 12.8. The molecule has 8 heteroatoms. The molecule has 0 fully saturated rings. The molecule has 0 aliphatic carbocycles. The predicted molar refractivity (Wildman–Crippen MR) is 64.4 cm³/mol. The highest BCUT2D eigenvalue weighted by Crippen LogP contribution is 2.20. The molecule has 1 atom stereocenters. The van der Waals surface area contributed by atoms with Gasteiger partial charge in [0.25, 0.3) is 5.91 Å². The number of aliphatic hydroxyl groups excluding tert-OH is 1. The van der Waals surface area contributed by atoms with Gasteiger partial charge >= 0.3 is 6.18 Å². The van der Waals surface area contributed by atoms with Gasteiger partial charge in [-0.25, -0.2) is 4.98 Å². The number of aliphatic hydroxyl groups is 1. The van der Waals surface area contributed by atoms with Crippen molar-refractivity contribution in [3.05, 3.63) is 23.9 Å². The third-order valence-corrected chi connectivity index (χ3v) is 2.44. The van der Waals surface area contributed by atoms with Crippen LogP contribution in [0.3, 0.4) is 0 Å². The first-order valence-corrected chi connectivity index (χ1v) is 5.93. The number of pyridine rings is 1. The van der Waals surface area contributed by atoms with Gasteiger partial charge in [-0.05, 0) is 18.6 Å². The number of hydrogen-bond donors (Lipinski definition) is 2. The number of aromatic nitrogens is 1. The lowest BCUT2D eigenvalue weighted by Gasteiger charge is -2.16. The molecule has 112 valence electrons. The summed E-state index contributed by atoms with van der Waals surface area (Å²) in [6, 6.07) is 2.24. The first-order valence-electron chi connectivity index (χ1n) is 5.93. The van der Waals surface area contributed by atoms with Gasteiger partial charge in [-0.2, -0.15) is 13.2 Å². The molecule has 0 aromatic carbocycles. The van der Waals surface area contributed by atoms with Gasteiger partial charge in [0.2, 0.25) is 5.88 Å². The zero-order valence-corrected chi connectivity index (χ0v) is 10.8. The molecule has 0 aliphatic heterocycles.